The summed E-state index contributed by atoms with van der Waals surface area (Å²) in [5.74, 6) is 0.878. The molecule has 0 aliphatic carbocycles. The van der Waals surface area contributed by atoms with Gasteiger partial charge in [0.15, 0.2) is 0 Å². The standard InChI is InChI=1S/C11H16FNS/c1-8-7-9(3-4-10(8)12)11(13)5-6-14-2/h3-4,7,11H,5-6,13H2,1-2H3. The number of halogens is 1. The van der Waals surface area contributed by atoms with Crippen LogP contribution in [0.4, 0.5) is 4.39 Å². The molecule has 0 amide bonds. The number of rotatable bonds is 4. The van der Waals surface area contributed by atoms with Gasteiger partial charge >= 0.3 is 0 Å². The van der Waals surface area contributed by atoms with Gasteiger partial charge in [-0.05, 0) is 42.5 Å². The van der Waals surface area contributed by atoms with Crippen molar-refractivity contribution in [3.8, 4) is 0 Å². The average molecular weight is 213 g/mol. The van der Waals surface area contributed by atoms with E-state index in [1.165, 1.54) is 6.07 Å². The van der Waals surface area contributed by atoms with E-state index in [9.17, 15) is 4.39 Å². The molecular formula is C11H16FNS. The smallest absolute Gasteiger partial charge is 0.126 e. The molecule has 1 unspecified atom stereocenters. The van der Waals surface area contributed by atoms with Crippen molar-refractivity contribution in [1.82, 2.24) is 0 Å². The summed E-state index contributed by atoms with van der Waals surface area (Å²) >= 11 is 1.78. The molecule has 1 nitrogen and oxygen atoms in total. The highest BCUT2D eigenvalue weighted by Gasteiger charge is 2.06. The van der Waals surface area contributed by atoms with Gasteiger partial charge in [-0.15, -0.1) is 0 Å². The topological polar surface area (TPSA) is 26.0 Å². The Morgan fingerprint density at radius 2 is 2.21 bits per heavy atom. The maximum absolute atomic E-state index is 13.0. The van der Waals surface area contributed by atoms with Gasteiger partial charge in [-0.3, -0.25) is 0 Å². The molecule has 0 aliphatic rings. The molecule has 1 aromatic rings. The van der Waals surface area contributed by atoms with Crippen LogP contribution in [-0.2, 0) is 0 Å². The van der Waals surface area contributed by atoms with E-state index in [1.54, 1.807) is 24.8 Å². The van der Waals surface area contributed by atoms with Crippen LogP contribution in [0.5, 0.6) is 0 Å². The van der Waals surface area contributed by atoms with E-state index in [1.807, 2.05) is 6.07 Å². The van der Waals surface area contributed by atoms with Crippen LogP contribution in [-0.4, -0.2) is 12.0 Å². The Hall–Kier alpha value is -0.540. The minimum atomic E-state index is -0.161. The van der Waals surface area contributed by atoms with Gasteiger partial charge in [0, 0.05) is 6.04 Å². The summed E-state index contributed by atoms with van der Waals surface area (Å²) in [6.07, 6.45) is 2.99. The van der Waals surface area contributed by atoms with Gasteiger partial charge in [0.25, 0.3) is 0 Å². The van der Waals surface area contributed by atoms with Gasteiger partial charge < -0.3 is 5.73 Å². The van der Waals surface area contributed by atoms with Gasteiger partial charge in [0.05, 0.1) is 0 Å². The van der Waals surface area contributed by atoms with E-state index in [2.05, 4.69) is 6.26 Å². The molecule has 1 atom stereocenters. The predicted octanol–water partition coefficient (Wildman–Crippen LogP) is 2.89. The van der Waals surface area contributed by atoms with Gasteiger partial charge in [-0.25, -0.2) is 4.39 Å². The first-order chi connectivity index (χ1) is 6.65. The largest absolute Gasteiger partial charge is 0.324 e. The summed E-state index contributed by atoms with van der Waals surface area (Å²) in [4.78, 5) is 0. The molecule has 1 rings (SSSR count). The molecule has 0 radical (unpaired) electrons. The van der Waals surface area contributed by atoms with E-state index in [4.69, 9.17) is 5.73 Å². The summed E-state index contributed by atoms with van der Waals surface area (Å²) in [6, 6.07) is 5.12. The van der Waals surface area contributed by atoms with Crippen LogP contribution >= 0.6 is 11.8 Å². The first kappa shape index (κ1) is 11.5. The SMILES string of the molecule is CSCCC(N)c1ccc(F)c(C)c1. The highest BCUT2D eigenvalue weighted by molar-refractivity contribution is 7.98. The van der Waals surface area contributed by atoms with E-state index < -0.39 is 0 Å². The fourth-order valence-electron chi connectivity index (χ4n) is 1.31. The van der Waals surface area contributed by atoms with E-state index >= 15 is 0 Å². The Kier molecular flexibility index (Phi) is 4.42. The third kappa shape index (κ3) is 3.00. The predicted molar refractivity (Wildman–Crippen MR) is 61.1 cm³/mol. The zero-order chi connectivity index (χ0) is 10.6. The minimum absolute atomic E-state index is 0.0294. The molecule has 2 N–H and O–H groups in total. The van der Waals surface area contributed by atoms with Crippen LogP contribution < -0.4 is 5.73 Å². The third-order valence-electron chi connectivity index (χ3n) is 2.24. The second kappa shape index (κ2) is 5.37. The Morgan fingerprint density at radius 3 is 2.79 bits per heavy atom. The fraction of sp³-hybridized carbons (Fsp3) is 0.455. The van der Waals surface area contributed by atoms with Crippen LogP contribution in [0.1, 0.15) is 23.6 Å². The summed E-state index contributed by atoms with van der Waals surface area (Å²) < 4.78 is 13.0. The second-order valence-corrected chi connectivity index (χ2v) is 4.38. The third-order valence-corrected chi connectivity index (χ3v) is 2.89. The lowest BCUT2D eigenvalue weighted by Gasteiger charge is -2.11. The maximum atomic E-state index is 13.0. The van der Waals surface area contributed by atoms with Gasteiger partial charge in [-0.2, -0.15) is 11.8 Å². The monoisotopic (exact) mass is 213 g/mol. The van der Waals surface area contributed by atoms with Gasteiger partial charge in [0.2, 0.25) is 0 Å². The van der Waals surface area contributed by atoms with Crippen molar-refractivity contribution >= 4 is 11.8 Å². The zero-order valence-corrected chi connectivity index (χ0v) is 9.40. The first-order valence-electron chi connectivity index (χ1n) is 4.65. The lowest BCUT2D eigenvalue weighted by Crippen LogP contribution is -2.11. The molecule has 0 aromatic heterocycles. The van der Waals surface area contributed by atoms with Crippen molar-refractivity contribution in [2.24, 2.45) is 5.73 Å². The average Bonchev–Trinajstić information content (AvgIpc) is 2.18. The quantitative estimate of drug-likeness (QED) is 0.832. The minimum Gasteiger partial charge on any atom is -0.324 e. The molecule has 0 heterocycles. The summed E-state index contributed by atoms with van der Waals surface area (Å²) in [6.45, 7) is 1.76. The molecule has 0 saturated heterocycles. The number of hydrogen-bond donors (Lipinski definition) is 1. The van der Waals surface area contributed by atoms with Gasteiger partial charge in [0.1, 0.15) is 5.82 Å². The molecular weight excluding hydrogens is 197 g/mol. The summed E-state index contributed by atoms with van der Waals surface area (Å²) in [7, 11) is 0. The van der Waals surface area contributed by atoms with E-state index in [0.717, 1.165) is 17.7 Å². The molecule has 0 aliphatic heterocycles. The lowest BCUT2D eigenvalue weighted by molar-refractivity contribution is 0.614. The van der Waals surface area contributed by atoms with Gasteiger partial charge in [-0.1, -0.05) is 12.1 Å². The van der Waals surface area contributed by atoms with Crippen LogP contribution in [0.3, 0.4) is 0 Å². The Labute approximate surface area is 88.9 Å². The second-order valence-electron chi connectivity index (χ2n) is 3.40. The van der Waals surface area contributed by atoms with Crippen LogP contribution in [0, 0.1) is 12.7 Å². The number of thioether (sulfide) groups is 1. The molecule has 0 fully saturated rings. The molecule has 0 spiro atoms. The number of aryl methyl sites for hydroxylation is 1. The normalized spacial score (nSPS) is 12.9. The molecule has 78 valence electrons. The van der Waals surface area contributed by atoms with Crippen molar-refractivity contribution in [2.75, 3.05) is 12.0 Å². The summed E-state index contributed by atoms with van der Waals surface area (Å²) in [5, 5.41) is 0. The van der Waals surface area contributed by atoms with Crippen molar-refractivity contribution in [1.29, 1.82) is 0 Å². The molecule has 14 heavy (non-hydrogen) atoms. The van der Waals surface area contributed by atoms with Crippen LogP contribution in [0.25, 0.3) is 0 Å². The molecule has 3 heteroatoms. The number of hydrogen-bond acceptors (Lipinski definition) is 2. The van der Waals surface area contributed by atoms with E-state index in [-0.39, 0.29) is 11.9 Å². The van der Waals surface area contributed by atoms with E-state index in [0.29, 0.717) is 5.56 Å². The number of nitrogens with two attached hydrogens (primary N) is 1. The fourth-order valence-corrected chi connectivity index (χ4v) is 1.80. The highest BCUT2D eigenvalue weighted by atomic mass is 32.2. The molecule has 1 aromatic carbocycles. The summed E-state index contributed by atoms with van der Waals surface area (Å²) in [5.41, 5.74) is 7.66. The van der Waals surface area contributed by atoms with Crippen LogP contribution in [0.15, 0.2) is 18.2 Å². The Bertz CT molecular complexity index is 301. The highest BCUT2D eigenvalue weighted by Crippen LogP contribution is 2.18. The molecule has 0 bridgehead atoms. The van der Waals surface area contributed by atoms with Crippen molar-refractivity contribution < 1.29 is 4.39 Å². The van der Waals surface area contributed by atoms with Crippen molar-refractivity contribution in [3.05, 3.63) is 35.1 Å². The van der Waals surface area contributed by atoms with Crippen molar-refractivity contribution in [2.45, 2.75) is 19.4 Å². The first-order valence-corrected chi connectivity index (χ1v) is 6.05. The Balaban J connectivity index is 2.70. The Morgan fingerprint density at radius 1 is 1.50 bits per heavy atom. The number of benzene rings is 1. The van der Waals surface area contributed by atoms with Crippen LogP contribution in [0.2, 0.25) is 0 Å². The lowest BCUT2D eigenvalue weighted by atomic mass is 10.0. The zero-order valence-electron chi connectivity index (χ0n) is 8.59. The maximum Gasteiger partial charge on any atom is 0.126 e. The molecule has 0 saturated carbocycles. The van der Waals surface area contributed by atoms with Crippen molar-refractivity contribution in [3.63, 3.8) is 0 Å².